The predicted molar refractivity (Wildman–Crippen MR) is 86.5 cm³/mol. The lowest BCUT2D eigenvalue weighted by Crippen LogP contribution is -2.29. The van der Waals surface area contributed by atoms with Crippen molar-refractivity contribution in [2.45, 2.75) is 52.5 Å². The highest BCUT2D eigenvalue weighted by Crippen LogP contribution is 2.38. The van der Waals surface area contributed by atoms with Gasteiger partial charge in [-0.25, -0.2) is 0 Å². The van der Waals surface area contributed by atoms with E-state index in [1.807, 2.05) is 0 Å². The van der Waals surface area contributed by atoms with Crippen LogP contribution in [0.3, 0.4) is 0 Å². The van der Waals surface area contributed by atoms with Gasteiger partial charge in [-0.1, -0.05) is 41.8 Å². The summed E-state index contributed by atoms with van der Waals surface area (Å²) in [7, 11) is 2.11. The first-order valence-corrected chi connectivity index (χ1v) is 8.26. The molecule has 1 nitrogen and oxygen atoms in total. The normalized spacial score (nSPS) is 25.3. The largest absolute Gasteiger partial charge is 0.313 e. The van der Waals surface area contributed by atoms with Gasteiger partial charge >= 0.3 is 0 Å². The van der Waals surface area contributed by atoms with Crippen LogP contribution in [0.5, 0.6) is 0 Å². The molecule has 0 spiro atoms. The number of hydrogen-bond donors (Lipinski definition) is 1. The Balaban J connectivity index is 2.24. The highest BCUT2D eigenvalue weighted by molar-refractivity contribution is 9.10. The number of benzene rings is 1. The molecule has 1 unspecified atom stereocenters. The van der Waals surface area contributed by atoms with Gasteiger partial charge in [-0.3, -0.25) is 0 Å². The van der Waals surface area contributed by atoms with E-state index in [1.165, 1.54) is 46.8 Å². The van der Waals surface area contributed by atoms with Crippen LogP contribution in [0.15, 0.2) is 16.6 Å². The summed E-state index contributed by atoms with van der Waals surface area (Å²) in [6.07, 6.45) is 5.50. The Morgan fingerprint density at radius 3 is 2.32 bits per heavy atom. The van der Waals surface area contributed by atoms with Gasteiger partial charge in [0.05, 0.1) is 0 Å². The molecule has 0 saturated heterocycles. The topological polar surface area (TPSA) is 12.0 Å². The van der Waals surface area contributed by atoms with Gasteiger partial charge in [0.25, 0.3) is 0 Å². The van der Waals surface area contributed by atoms with Crippen LogP contribution in [0.2, 0.25) is 0 Å². The molecule has 1 N–H and O–H groups in total. The summed E-state index contributed by atoms with van der Waals surface area (Å²) in [4.78, 5) is 0. The first-order chi connectivity index (χ1) is 9.02. The second-order valence-electron chi connectivity index (χ2n) is 6.24. The van der Waals surface area contributed by atoms with Crippen molar-refractivity contribution < 1.29 is 0 Å². The van der Waals surface area contributed by atoms with Crippen molar-refractivity contribution in [2.75, 3.05) is 7.05 Å². The maximum Gasteiger partial charge on any atom is 0.0348 e. The molecule has 0 heterocycles. The molecule has 2 rings (SSSR count). The van der Waals surface area contributed by atoms with Crippen molar-refractivity contribution in [2.24, 2.45) is 11.8 Å². The van der Waals surface area contributed by atoms with Gasteiger partial charge < -0.3 is 5.32 Å². The molecular formula is C17H26BrN. The summed E-state index contributed by atoms with van der Waals surface area (Å²) in [5, 5.41) is 3.58. The molecule has 19 heavy (non-hydrogen) atoms. The number of rotatable bonds is 3. The summed E-state index contributed by atoms with van der Waals surface area (Å²) in [5.74, 6) is 1.71. The smallest absolute Gasteiger partial charge is 0.0348 e. The van der Waals surface area contributed by atoms with Gasteiger partial charge in [0.2, 0.25) is 0 Å². The molecule has 0 aromatic heterocycles. The van der Waals surface area contributed by atoms with Gasteiger partial charge in [-0.05, 0) is 68.3 Å². The lowest BCUT2D eigenvalue weighted by atomic mass is 9.76. The number of aryl methyl sites for hydroxylation is 2. The molecule has 1 aliphatic carbocycles. The molecular weight excluding hydrogens is 298 g/mol. The van der Waals surface area contributed by atoms with E-state index < -0.39 is 0 Å². The van der Waals surface area contributed by atoms with Crippen molar-refractivity contribution in [1.82, 2.24) is 5.32 Å². The van der Waals surface area contributed by atoms with Gasteiger partial charge in [-0.15, -0.1) is 0 Å². The van der Waals surface area contributed by atoms with E-state index in [9.17, 15) is 0 Å². The Bertz CT molecular complexity index is 433. The van der Waals surface area contributed by atoms with Crippen LogP contribution >= 0.6 is 15.9 Å². The molecule has 0 aliphatic heterocycles. The summed E-state index contributed by atoms with van der Waals surface area (Å²) < 4.78 is 1.22. The zero-order valence-electron chi connectivity index (χ0n) is 12.6. The molecule has 1 saturated carbocycles. The molecule has 0 radical (unpaired) electrons. The van der Waals surface area contributed by atoms with Gasteiger partial charge in [0, 0.05) is 10.5 Å². The first-order valence-electron chi connectivity index (χ1n) is 7.46. The van der Waals surface area contributed by atoms with E-state index in [0.29, 0.717) is 6.04 Å². The average molecular weight is 324 g/mol. The number of hydrogen-bond acceptors (Lipinski definition) is 1. The predicted octanol–water partition coefficient (Wildman–Crippen LogP) is 5.15. The quantitative estimate of drug-likeness (QED) is 0.810. The second-order valence-corrected chi connectivity index (χ2v) is 7.10. The summed E-state index contributed by atoms with van der Waals surface area (Å²) in [6, 6.07) is 5.14. The lowest BCUT2D eigenvalue weighted by Gasteiger charge is -2.34. The maximum atomic E-state index is 3.63. The van der Waals surface area contributed by atoms with Crippen LogP contribution in [0, 0.1) is 25.7 Å². The fourth-order valence-electron chi connectivity index (χ4n) is 3.40. The Labute approximate surface area is 126 Å². The molecule has 1 fully saturated rings. The Kier molecular flexibility index (Phi) is 5.08. The molecule has 1 aromatic rings. The third-order valence-electron chi connectivity index (χ3n) is 4.73. The van der Waals surface area contributed by atoms with E-state index in [0.717, 1.165) is 11.8 Å². The number of halogens is 1. The van der Waals surface area contributed by atoms with Gasteiger partial charge in [0.1, 0.15) is 0 Å². The van der Waals surface area contributed by atoms with Gasteiger partial charge in [0.15, 0.2) is 0 Å². The molecule has 1 aliphatic rings. The Morgan fingerprint density at radius 2 is 1.74 bits per heavy atom. The summed E-state index contributed by atoms with van der Waals surface area (Å²) in [6.45, 7) is 6.80. The fraction of sp³-hybridized carbons (Fsp3) is 0.647. The summed E-state index contributed by atoms with van der Waals surface area (Å²) in [5.41, 5.74) is 4.23. The minimum absolute atomic E-state index is 0.513. The minimum Gasteiger partial charge on any atom is -0.313 e. The van der Waals surface area contributed by atoms with Crippen LogP contribution in [-0.4, -0.2) is 7.05 Å². The Hall–Kier alpha value is -0.340. The highest BCUT2D eigenvalue weighted by Gasteiger charge is 2.27. The van der Waals surface area contributed by atoms with E-state index >= 15 is 0 Å². The fourth-order valence-corrected chi connectivity index (χ4v) is 3.86. The van der Waals surface area contributed by atoms with E-state index in [4.69, 9.17) is 0 Å². The zero-order valence-corrected chi connectivity index (χ0v) is 14.2. The Morgan fingerprint density at radius 1 is 1.11 bits per heavy atom. The second kappa shape index (κ2) is 6.41. The third-order valence-corrected chi connectivity index (χ3v) is 5.58. The molecule has 0 amide bonds. The van der Waals surface area contributed by atoms with Crippen molar-refractivity contribution in [1.29, 1.82) is 0 Å². The van der Waals surface area contributed by atoms with Crippen molar-refractivity contribution >= 4 is 15.9 Å². The van der Waals surface area contributed by atoms with E-state index in [-0.39, 0.29) is 0 Å². The molecule has 1 aromatic carbocycles. The van der Waals surface area contributed by atoms with E-state index in [1.54, 1.807) is 0 Å². The monoisotopic (exact) mass is 323 g/mol. The summed E-state index contributed by atoms with van der Waals surface area (Å²) >= 11 is 3.63. The standard InChI is InChI=1S/C17H26BrN/c1-11-5-7-14(8-6-11)17(19-4)15-9-13(3)16(18)10-12(15)2/h9-11,14,17,19H,5-8H2,1-4H3. The SMILES string of the molecule is CNC(c1cc(C)c(Br)cc1C)C1CCC(C)CC1. The van der Waals surface area contributed by atoms with Crippen LogP contribution in [-0.2, 0) is 0 Å². The zero-order chi connectivity index (χ0) is 14.0. The highest BCUT2D eigenvalue weighted by atomic mass is 79.9. The first kappa shape index (κ1) is 15.1. The molecule has 2 heteroatoms. The van der Waals surface area contributed by atoms with Gasteiger partial charge in [-0.2, -0.15) is 0 Å². The van der Waals surface area contributed by atoms with Crippen molar-refractivity contribution in [3.05, 3.63) is 33.3 Å². The van der Waals surface area contributed by atoms with Crippen LogP contribution in [0.25, 0.3) is 0 Å². The van der Waals surface area contributed by atoms with E-state index in [2.05, 4.69) is 61.2 Å². The van der Waals surface area contributed by atoms with Crippen molar-refractivity contribution in [3.8, 4) is 0 Å². The third kappa shape index (κ3) is 3.41. The maximum absolute atomic E-state index is 3.63. The number of nitrogens with one attached hydrogen (secondary N) is 1. The average Bonchev–Trinajstić information content (AvgIpc) is 2.38. The minimum atomic E-state index is 0.513. The molecule has 1 atom stereocenters. The van der Waals surface area contributed by atoms with Crippen LogP contribution in [0.1, 0.15) is 55.3 Å². The molecule has 0 bridgehead atoms. The van der Waals surface area contributed by atoms with Crippen LogP contribution < -0.4 is 5.32 Å². The van der Waals surface area contributed by atoms with Crippen LogP contribution in [0.4, 0.5) is 0 Å². The molecule has 106 valence electrons. The van der Waals surface area contributed by atoms with Crippen molar-refractivity contribution in [3.63, 3.8) is 0 Å². The lowest BCUT2D eigenvalue weighted by molar-refractivity contribution is 0.237.